The summed E-state index contributed by atoms with van der Waals surface area (Å²) in [6.45, 7) is -1.98. The number of benzene rings is 1. The van der Waals surface area contributed by atoms with Crippen molar-refractivity contribution in [2.24, 2.45) is 0 Å². The number of phosphoric ester groups is 1. The second kappa shape index (κ2) is 12.4. The van der Waals surface area contributed by atoms with E-state index in [1.165, 1.54) is 17.2 Å². The number of hydrogen-bond acceptors (Lipinski definition) is 12. The molecule has 4 N–H and O–H groups in total. The molecule has 1 amide bonds. The number of nitriles is 1. The number of carbonyl (C=O) groups is 1. The summed E-state index contributed by atoms with van der Waals surface area (Å²) in [5.41, 5.74) is -1.04. The highest BCUT2D eigenvalue weighted by Gasteiger charge is 2.52. The highest BCUT2D eigenvalue weighted by molar-refractivity contribution is 7.47. The van der Waals surface area contributed by atoms with Crippen LogP contribution in [0.1, 0.15) is 29.4 Å². The Balaban J connectivity index is 1.58. The second-order valence-corrected chi connectivity index (χ2v) is 10.5. The number of nitrogens with zero attached hydrogens (tertiary/aromatic N) is 5. The van der Waals surface area contributed by atoms with Gasteiger partial charge in [0.1, 0.15) is 24.3 Å². The summed E-state index contributed by atoms with van der Waals surface area (Å²) in [6, 6.07) is 10.2. The predicted octanol–water partition coefficient (Wildman–Crippen LogP) is 1.54. The molecule has 0 aliphatic carbocycles. The van der Waals surface area contributed by atoms with E-state index in [4.69, 9.17) is 19.0 Å². The first kappa shape index (κ1) is 28.9. The van der Waals surface area contributed by atoms with Crippen molar-refractivity contribution >= 4 is 39.0 Å². The van der Waals surface area contributed by atoms with Crippen LogP contribution in [0.2, 0.25) is 0 Å². The topological polar surface area (TPSA) is 228 Å². The fraction of sp³-hybridized carbons (Fsp3) is 0.381. The summed E-state index contributed by atoms with van der Waals surface area (Å²) in [5, 5.41) is 21.4. The van der Waals surface area contributed by atoms with Gasteiger partial charge in [0.15, 0.2) is 17.0 Å². The number of carbonyl (C=O) groups excluding carboxylic acids is 1. The Morgan fingerprint density at radius 3 is 2.77 bits per heavy atom. The van der Waals surface area contributed by atoms with Crippen LogP contribution in [0.3, 0.4) is 0 Å². The van der Waals surface area contributed by atoms with Crippen LogP contribution in [-0.2, 0) is 27.4 Å². The summed E-state index contributed by atoms with van der Waals surface area (Å²) in [4.78, 5) is 44.5. The van der Waals surface area contributed by atoms with Crippen LogP contribution < -0.4 is 5.32 Å². The number of anilines is 1. The van der Waals surface area contributed by atoms with E-state index in [2.05, 4.69) is 24.8 Å². The highest BCUT2D eigenvalue weighted by Crippen LogP contribution is 2.48. The molecule has 0 spiro atoms. The lowest BCUT2D eigenvalue weighted by Crippen LogP contribution is -2.47. The number of aliphatic hydroxyl groups is 1. The maximum atomic E-state index is 12.6. The number of nitrogens with one attached hydrogen (secondary N) is 1. The minimum atomic E-state index is -4.67. The molecule has 4 rings (SSSR count). The summed E-state index contributed by atoms with van der Waals surface area (Å²) < 4.78 is 45.9. The van der Waals surface area contributed by atoms with Crippen molar-refractivity contribution in [1.82, 2.24) is 19.5 Å². The minimum Gasteiger partial charge on any atom is -0.393 e. The molecule has 5 atom stereocenters. The Bertz CT molecular complexity index is 1430. The van der Waals surface area contributed by atoms with E-state index in [9.17, 15) is 28.8 Å². The van der Waals surface area contributed by atoms with Gasteiger partial charge in [-0.1, -0.05) is 18.2 Å². The number of amides is 1. The molecule has 2 aromatic heterocycles. The molecule has 208 valence electrons. The first-order chi connectivity index (χ1) is 18.7. The maximum absolute atomic E-state index is 12.6. The quantitative estimate of drug-likeness (QED) is 0.175. The van der Waals surface area contributed by atoms with E-state index in [1.54, 1.807) is 36.4 Å². The number of hydrogen-bond donors (Lipinski definition) is 4. The lowest BCUT2D eigenvalue weighted by Gasteiger charge is -2.31. The molecule has 0 radical (unpaired) electrons. The van der Waals surface area contributed by atoms with Crippen LogP contribution in [-0.4, -0.2) is 71.8 Å². The number of ether oxygens (including phenoxy) is 1. The Morgan fingerprint density at radius 1 is 1.31 bits per heavy atom. The number of aliphatic hydroxyl groups excluding tert-OH is 1. The third-order valence-electron chi connectivity index (χ3n) is 5.76. The predicted molar refractivity (Wildman–Crippen MR) is 132 cm³/mol. The van der Waals surface area contributed by atoms with Gasteiger partial charge in [-0.15, -0.1) is 0 Å². The van der Waals surface area contributed by atoms with Gasteiger partial charge < -0.3 is 29.5 Å². The van der Waals surface area contributed by atoms with Crippen LogP contribution in [0.5, 0.6) is 0 Å². The molecule has 3 aromatic rings. The molecule has 39 heavy (non-hydrogen) atoms. The molecule has 1 saturated heterocycles. The molecule has 1 aromatic carbocycles. The standard InChI is InChI=1S/C21H24N6O10P2/c22-7-4-8-34-39(32,33)35-11-21(10-28)15(37-38(30)31)9-16(36-21)27-13-25-17-18(23-12-24-19(17)27)26-20(29)14-5-2-1-3-6-14/h1-3,5-6,12-13,15-16,28,38H,4,8-11H2,(H,30,31)(H,32,33)(H,23,24,26,29)/t15?,16?,21-/m1/s1. The molecule has 4 unspecified atom stereocenters. The molecule has 16 nitrogen and oxygen atoms in total. The molecule has 1 fully saturated rings. The lowest BCUT2D eigenvalue weighted by atomic mass is 9.99. The van der Waals surface area contributed by atoms with Crippen molar-refractivity contribution in [1.29, 1.82) is 5.26 Å². The van der Waals surface area contributed by atoms with E-state index in [1.807, 2.05) is 0 Å². The second-order valence-electron chi connectivity index (χ2n) is 8.25. The molecule has 0 saturated carbocycles. The SMILES string of the molecule is N#CCCOP(=O)(O)OC[C@@]1(CO)OC(n2cnc3c(NC(=O)c4ccccc4)ncnc32)CC1O[PH](=O)O. The number of aromatic nitrogens is 4. The van der Waals surface area contributed by atoms with Gasteiger partial charge in [-0.25, -0.2) is 19.5 Å². The van der Waals surface area contributed by atoms with Gasteiger partial charge in [0.05, 0.1) is 38.6 Å². The molecule has 1 aliphatic heterocycles. The first-order valence-corrected chi connectivity index (χ1v) is 14.1. The van der Waals surface area contributed by atoms with Crippen molar-refractivity contribution in [3.05, 3.63) is 48.5 Å². The lowest BCUT2D eigenvalue weighted by molar-refractivity contribution is -0.143. The normalized spacial score (nSPS) is 23.2. The summed E-state index contributed by atoms with van der Waals surface area (Å²) >= 11 is 0. The largest absolute Gasteiger partial charge is 0.472 e. The van der Waals surface area contributed by atoms with Crippen molar-refractivity contribution in [3.63, 3.8) is 0 Å². The zero-order valence-corrected chi connectivity index (χ0v) is 22.0. The van der Waals surface area contributed by atoms with Crippen LogP contribution >= 0.6 is 16.1 Å². The Kier molecular flexibility index (Phi) is 9.19. The molecule has 18 heteroatoms. The van der Waals surface area contributed by atoms with E-state index in [0.29, 0.717) is 5.56 Å². The molecule has 1 aliphatic rings. The Labute approximate surface area is 221 Å². The van der Waals surface area contributed by atoms with Crippen LogP contribution in [0.15, 0.2) is 43.0 Å². The maximum Gasteiger partial charge on any atom is 0.472 e. The fourth-order valence-electron chi connectivity index (χ4n) is 3.91. The van der Waals surface area contributed by atoms with Crippen molar-refractivity contribution in [3.8, 4) is 6.07 Å². The van der Waals surface area contributed by atoms with Gasteiger partial charge in [-0.2, -0.15) is 5.26 Å². The zero-order chi connectivity index (χ0) is 28.0. The Morgan fingerprint density at radius 2 is 2.08 bits per heavy atom. The number of imidazole rings is 1. The smallest absolute Gasteiger partial charge is 0.393 e. The average molecular weight is 582 g/mol. The van der Waals surface area contributed by atoms with Gasteiger partial charge in [-0.05, 0) is 12.1 Å². The monoisotopic (exact) mass is 582 g/mol. The molecule has 3 heterocycles. The summed E-state index contributed by atoms with van der Waals surface area (Å²) in [5.74, 6) is -0.308. The van der Waals surface area contributed by atoms with E-state index >= 15 is 0 Å². The van der Waals surface area contributed by atoms with Gasteiger partial charge in [0.2, 0.25) is 0 Å². The molecule has 0 bridgehead atoms. The Hall–Kier alpha value is -3.09. The van der Waals surface area contributed by atoms with Crippen molar-refractivity contribution < 1.29 is 47.1 Å². The van der Waals surface area contributed by atoms with E-state index in [-0.39, 0.29) is 36.4 Å². The van der Waals surface area contributed by atoms with Gasteiger partial charge >= 0.3 is 16.1 Å². The van der Waals surface area contributed by atoms with Crippen LogP contribution in [0.4, 0.5) is 5.82 Å². The van der Waals surface area contributed by atoms with Crippen molar-refractivity contribution in [2.45, 2.75) is 30.8 Å². The molecular weight excluding hydrogens is 558 g/mol. The number of rotatable bonds is 12. The van der Waals surface area contributed by atoms with Gasteiger partial charge in [0, 0.05) is 12.0 Å². The highest BCUT2D eigenvalue weighted by atomic mass is 31.2. The van der Waals surface area contributed by atoms with Gasteiger partial charge in [-0.3, -0.25) is 23.0 Å². The average Bonchev–Trinajstić information content (AvgIpc) is 3.50. The number of phosphoric acid groups is 1. The molecular formula is C21H24N6O10P2. The summed E-state index contributed by atoms with van der Waals surface area (Å²) in [7, 11) is -8.21. The van der Waals surface area contributed by atoms with Crippen LogP contribution in [0.25, 0.3) is 11.2 Å². The van der Waals surface area contributed by atoms with E-state index < -0.39 is 53.1 Å². The summed E-state index contributed by atoms with van der Waals surface area (Å²) in [6.07, 6.45) is -0.0228. The van der Waals surface area contributed by atoms with E-state index in [0.717, 1.165) is 0 Å². The third kappa shape index (κ3) is 6.74. The zero-order valence-electron chi connectivity index (χ0n) is 20.1. The first-order valence-electron chi connectivity index (χ1n) is 11.4. The number of fused-ring (bicyclic) bond motifs is 1. The van der Waals surface area contributed by atoms with Gasteiger partial charge in [0.25, 0.3) is 5.91 Å². The van der Waals surface area contributed by atoms with Crippen molar-refractivity contribution in [2.75, 3.05) is 25.1 Å². The fourth-order valence-corrected chi connectivity index (χ4v) is 5.24. The minimum absolute atomic E-state index is 0.117. The third-order valence-corrected chi connectivity index (χ3v) is 7.21. The van der Waals surface area contributed by atoms with Crippen LogP contribution in [0, 0.1) is 11.3 Å².